The minimum absolute atomic E-state index is 0.519. The number of hydrogen-bond acceptors (Lipinski definition) is 2. The van der Waals surface area contributed by atoms with Crippen molar-refractivity contribution in [1.29, 1.82) is 0 Å². The summed E-state index contributed by atoms with van der Waals surface area (Å²) in [6.45, 7) is 5.18. The fraction of sp³-hybridized carbons (Fsp3) is 0.267. The fourth-order valence-electron chi connectivity index (χ4n) is 1.75. The summed E-state index contributed by atoms with van der Waals surface area (Å²) < 4.78 is 0. The second-order valence-electron chi connectivity index (χ2n) is 4.39. The summed E-state index contributed by atoms with van der Waals surface area (Å²) in [4.78, 5) is 4.42. The first-order valence-corrected chi connectivity index (χ1v) is 6.01. The van der Waals surface area contributed by atoms with E-state index in [1.165, 1.54) is 10.9 Å². The first-order chi connectivity index (χ1) is 8.27. The molecule has 1 aromatic carbocycles. The molecule has 0 aliphatic heterocycles. The molecule has 0 bridgehead atoms. The summed E-state index contributed by atoms with van der Waals surface area (Å²) in [5, 5.41) is 4.54. The van der Waals surface area contributed by atoms with Crippen LogP contribution in [0.25, 0.3) is 17.0 Å². The third kappa shape index (κ3) is 3.14. The SMILES string of the molecule is CC(C)NCC=Cc1cccc2cccnc12. The van der Waals surface area contributed by atoms with Crippen molar-refractivity contribution in [2.75, 3.05) is 6.54 Å². The van der Waals surface area contributed by atoms with Crippen LogP contribution in [-0.2, 0) is 0 Å². The predicted octanol–water partition coefficient (Wildman–Crippen LogP) is 3.25. The van der Waals surface area contributed by atoms with Gasteiger partial charge in [0.05, 0.1) is 5.52 Å². The molecule has 0 amide bonds. The zero-order valence-electron chi connectivity index (χ0n) is 10.4. The van der Waals surface area contributed by atoms with Crippen LogP contribution in [0.15, 0.2) is 42.6 Å². The Morgan fingerprint density at radius 3 is 2.88 bits per heavy atom. The van der Waals surface area contributed by atoms with E-state index in [0.717, 1.165) is 12.1 Å². The molecule has 0 aliphatic carbocycles. The van der Waals surface area contributed by atoms with E-state index in [-0.39, 0.29) is 0 Å². The minimum Gasteiger partial charge on any atom is -0.311 e. The number of aromatic nitrogens is 1. The number of nitrogens with zero attached hydrogens (tertiary/aromatic N) is 1. The van der Waals surface area contributed by atoms with Gasteiger partial charge in [-0.15, -0.1) is 0 Å². The number of hydrogen-bond donors (Lipinski definition) is 1. The molecule has 1 aromatic heterocycles. The Morgan fingerprint density at radius 1 is 1.24 bits per heavy atom. The quantitative estimate of drug-likeness (QED) is 0.865. The van der Waals surface area contributed by atoms with Crippen molar-refractivity contribution in [1.82, 2.24) is 10.3 Å². The molecule has 1 heterocycles. The molecule has 2 heteroatoms. The van der Waals surface area contributed by atoms with E-state index < -0.39 is 0 Å². The van der Waals surface area contributed by atoms with Gasteiger partial charge in [-0.25, -0.2) is 0 Å². The van der Waals surface area contributed by atoms with Gasteiger partial charge in [-0.3, -0.25) is 4.98 Å². The van der Waals surface area contributed by atoms with E-state index >= 15 is 0 Å². The van der Waals surface area contributed by atoms with E-state index in [2.05, 4.69) is 60.6 Å². The molecule has 1 N–H and O–H groups in total. The van der Waals surface area contributed by atoms with Gasteiger partial charge >= 0.3 is 0 Å². The fourth-order valence-corrected chi connectivity index (χ4v) is 1.75. The van der Waals surface area contributed by atoms with Crippen molar-refractivity contribution >= 4 is 17.0 Å². The summed E-state index contributed by atoms with van der Waals surface area (Å²) in [6, 6.07) is 10.8. The number of fused-ring (bicyclic) bond motifs is 1. The highest BCUT2D eigenvalue weighted by molar-refractivity contribution is 5.86. The lowest BCUT2D eigenvalue weighted by Gasteiger charge is -2.04. The van der Waals surface area contributed by atoms with Gasteiger partial charge in [-0.2, -0.15) is 0 Å². The highest BCUT2D eigenvalue weighted by Crippen LogP contribution is 2.16. The summed E-state index contributed by atoms with van der Waals surface area (Å²) in [5.74, 6) is 0. The van der Waals surface area contributed by atoms with E-state index in [1.54, 1.807) is 0 Å². The molecule has 0 aliphatic rings. The maximum atomic E-state index is 4.42. The van der Waals surface area contributed by atoms with Crippen LogP contribution in [0, 0.1) is 0 Å². The Hall–Kier alpha value is -1.67. The zero-order chi connectivity index (χ0) is 12.1. The first-order valence-electron chi connectivity index (χ1n) is 6.01. The van der Waals surface area contributed by atoms with Crippen LogP contribution >= 0.6 is 0 Å². The molecule has 2 aromatic rings. The third-order valence-corrected chi connectivity index (χ3v) is 2.61. The van der Waals surface area contributed by atoms with Crippen LogP contribution in [0.5, 0.6) is 0 Å². The van der Waals surface area contributed by atoms with Gasteiger partial charge in [-0.1, -0.05) is 50.3 Å². The van der Waals surface area contributed by atoms with Gasteiger partial charge < -0.3 is 5.32 Å². The lowest BCUT2D eigenvalue weighted by atomic mass is 10.1. The maximum absolute atomic E-state index is 4.42. The zero-order valence-corrected chi connectivity index (χ0v) is 10.4. The van der Waals surface area contributed by atoms with E-state index in [9.17, 15) is 0 Å². The summed E-state index contributed by atoms with van der Waals surface area (Å²) in [5.41, 5.74) is 2.24. The van der Waals surface area contributed by atoms with Crippen molar-refractivity contribution in [3.63, 3.8) is 0 Å². The Labute approximate surface area is 102 Å². The van der Waals surface area contributed by atoms with Crippen molar-refractivity contribution in [2.24, 2.45) is 0 Å². The van der Waals surface area contributed by atoms with Gasteiger partial charge in [0, 0.05) is 29.7 Å². The average Bonchev–Trinajstić information content (AvgIpc) is 2.34. The van der Waals surface area contributed by atoms with Gasteiger partial charge in [0.25, 0.3) is 0 Å². The van der Waals surface area contributed by atoms with E-state index in [4.69, 9.17) is 0 Å². The van der Waals surface area contributed by atoms with E-state index in [1.807, 2.05) is 12.3 Å². The Balaban J connectivity index is 2.18. The van der Waals surface area contributed by atoms with Crippen molar-refractivity contribution in [3.05, 3.63) is 48.2 Å². The second-order valence-corrected chi connectivity index (χ2v) is 4.39. The topological polar surface area (TPSA) is 24.9 Å². The molecule has 0 radical (unpaired) electrons. The minimum atomic E-state index is 0.519. The van der Waals surface area contributed by atoms with Gasteiger partial charge in [0.2, 0.25) is 0 Å². The van der Waals surface area contributed by atoms with E-state index in [0.29, 0.717) is 6.04 Å². The first kappa shape index (κ1) is 11.8. The molecular formula is C15H18N2. The molecule has 0 unspecified atom stereocenters. The predicted molar refractivity (Wildman–Crippen MR) is 73.9 cm³/mol. The Morgan fingerprint density at radius 2 is 2.06 bits per heavy atom. The highest BCUT2D eigenvalue weighted by atomic mass is 14.9. The number of nitrogens with one attached hydrogen (secondary N) is 1. The van der Waals surface area contributed by atoms with Crippen LogP contribution in [0.4, 0.5) is 0 Å². The molecule has 0 spiro atoms. The monoisotopic (exact) mass is 226 g/mol. The maximum Gasteiger partial charge on any atom is 0.0774 e. The van der Waals surface area contributed by atoms with Crippen molar-refractivity contribution in [3.8, 4) is 0 Å². The second kappa shape index (κ2) is 5.60. The van der Waals surface area contributed by atoms with Crippen LogP contribution in [-0.4, -0.2) is 17.6 Å². The largest absolute Gasteiger partial charge is 0.311 e. The van der Waals surface area contributed by atoms with Crippen LogP contribution in [0.3, 0.4) is 0 Å². The van der Waals surface area contributed by atoms with Gasteiger partial charge in [0.1, 0.15) is 0 Å². The molecule has 0 atom stereocenters. The summed E-state index contributed by atoms with van der Waals surface area (Å²) in [7, 11) is 0. The standard InChI is InChI=1S/C15H18N2/c1-12(2)16-10-4-8-13-6-3-7-14-9-5-11-17-15(13)14/h3-9,11-12,16H,10H2,1-2H3. The molecule has 0 saturated carbocycles. The van der Waals surface area contributed by atoms with Crippen molar-refractivity contribution in [2.45, 2.75) is 19.9 Å². The Bertz CT molecular complexity index is 510. The molecular weight excluding hydrogens is 208 g/mol. The Kier molecular flexibility index (Phi) is 3.89. The molecule has 2 nitrogen and oxygen atoms in total. The molecule has 88 valence electrons. The van der Waals surface area contributed by atoms with Crippen LogP contribution in [0.2, 0.25) is 0 Å². The summed E-state index contributed by atoms with van der Waals surface area (Å²) >= 11 is 0. The molecule has 0 fully saturated rings. The lowest BCUT2D eigenvalue weighted by molar-refractivity contribution is 0.633. The average molecular weight is 226 g/mol. The number of pyridine rings is 1. The number of para-hydroxylation sites is 1. The van der Waals surface area contributed by atoms with Crippen LogP contribution < -0.4 is 5.32 Å². The van der Waals surface area contributed by atoms with Crippen LogP contribution in [0.1, 0.15) is 19.4 Å². The number of rotatable bonds is 4. The lowest BCUT2D eigenvalue weighted by Crippen LogP contribution is -2.22. The van der Waals surface area contributed by atoms with Gasteiger partial charge in [0.15, 0.2) is 0 Å². The molecule has 2 rings (SSSR count). The normalized spacial score (nSPS) is 11.7. The smallest absolute Gasteiger partial charge is 0.0774 e. The summed E-state index contributed by atoms with van der Waals surface area (Å²) in [6.07, 6.45) is 6.11. The highest BCUT2D eigenvalue weighted by Gasteiger charge is 1.97. The molecule has 0 saturated heterocycles. The third-order valence-electron chi connectivity index (χ3n) is 2.61. The van der Waals surface area contributed by atoms with Gasteiger partial charge in [-0.05, 0) is 6.07 Å². The van der Waals surface area contributed by atoms with Crippen molar-refractivity contribution < 1.29 is 0 Å². The number of benzene rings is 1. The molecule has 17 heavy (non-hydrogen) atoms.